The second-order valence-electron chi connectivity index (χ2n) is 5.52. The molecule has 0 radical (unpaired) electrons. The average Bonchev–Trinajstić information content (AvgIpc) is 2.50. The predicted molar refractivity (Wildman–Crippen MR) is 71.9 cm³/mol. The Morgan fingerprint density at radius 3 is 1.25 bits per heavy atom. The van der Waals surface area contributed by atoms with Crippen molar-refractivity contribution < 1.29 is 52.7 Å². The van der Waals surface area contributed by atoms with Crippen molar-refractivity contribution in [1.29, 1.82) is 0 Å². The van der Waals surface area contributed by atoms with E-state index in [-0.39, 0.29) is 6.07 Å². The fraction of sp³-hybridized carbons (Fsp3) is 0.250. The van der Waals surface area contributed by atoms with Crippen LogP contribution in [0.25, 0.3) is 11.1 Å². The minimum Gasteiger partial charge on any atom is -0.166 e. The van der Waals surface area contributed by atoms with Gasteiger partial charge in [0.25, 0.3) is 0 Å². The van der Waals surface area contributed by atoms with Crippen LogP contribution in [0.4, 0.5) is 52.7 Å². The molecular formula is C16H6F12. The van der Waals surface area contributed by atoms with E-state index >= 15 is 0 Å². The minimum atomic E-state index is -5.70. The van der Waals surface area contributed by atoms with E-state index in [2.05, 4.69) is 0 Å². The summed E-state index contributed by atoms with van der Waals surface area (Å²) in [6.45, 7) is 0. The summed E-state index contributed by atoms with van der Waals surface area (Å²) in [5.74, 6) is 0. The molecular weight excluding hydrogens is 420 g/mol. The van der Waals surface area contributed by atoms with E-state index in [9.17, 15) is 52.7 Å². The highest BCUT2D eigenvalue weighted by Gasteiger charge is 2.45. The lowest BCUT2D eigenvalue weighted by Crippen LogP contribution is -2.18. The molecule has 0 saturated heterocycles. The van der Waals surface area contributed by atoms with E-state index in [1.165, 1.54) is 0 Å². The lowest BCUT2D eigenvalue weighted by Gasteiger charge is -2.22. The Labute approximate surface area is 148 Å². The van der Waals surface area contributed by atoms with Gasteiger partial charge >= 0.3 is 24.7 Å². The molecule has 0 aromatic heterocycles. The average molecular weight is 426 g/mol. The van der Waals surface area contributed by atoms with Gasteiger partial charge in [0.1, 0.15) is 0 Å². The molecule has 0 N–H and O–H groups in total. The maximum absolute atomic E-state index is 13.2. The molecule has 0 bridgehead atoms. The largest absolute Gasteiger partial charge is 0.417 e. The summed E-state index contributed by atoms with van der Waals surface area (Å²) in [7, 11) is 0. The molecule has 0 heterocycles. The van der Waals surface area contributed by atoms with Crippen LogP contribution < -0.4 is 0 Å². The predicted octanol–water partition coefficient (Wildman–Crippen LogP) is 7.43. The van der Waals surface area contributed by atoms with Crippen LogP contribution in [0.15, 0.2) is 36.4 Å². The molecule has 0 unspecified atom stereocenters. The van der Waals surface area contributed by atoms with E-state index in [4.69, 9.17) is 0 Å². The summed E-state index contributed by atoms with van der Waals surface area (Å²) in [4.78, 5) is 0. The fourth-order valence-corrected chi connectivity index (χ4v) is 2.41. The number of halogens is 12. The van der Waals surface area contributed by atoms with Gasteiger partial charge in [0, 0.05) is 5.56 Å². The molecule has 2 aromatic carbocycles. The zero-order valence-electron chi connectivity index (χ0n) is 13.0. The monoisotopic (exact) mass is 426 g/mol. The maximum atomic E-state index is 13.2. The van der Waals surface area contributed by atoms with Crippen molar-refractivity contribution in [3.05, 3.63) is 58.7 Å². The second kappa shape index (κ2) is 6.59. The van der Waals surface area contributed by atoms with Crippen LogP contribution in [0.5, 0.6) is 0 Å². The van der Waals surface area contributed by atoms with Crippen molar-refractivity contribution in [1.82, 2.24) is 0 Å². The smallest absolute Gasteiger partial charge is 0.166 e. The van der Waals surface area contributed by atoms with Crippen molar-refractivity contribution in [2.45, 2.75) is 24.7 Å². The molecule has 28 heavy (non-hydrogen) atoms. The summed E-state index contributed by atoms with van der Waals surface area (Å²) in [6, 6.07) is 0.343. The van der Waals surface area contributed by atoms with E-state index in [1.807, 2.05) is 0 Å². The zero-order chi connectivity index (χ0) is 21.7. The molecule has 0 atom stereocenters. The molecule has 0 spiro atoms. The molecule has 2 rings (SSSR count). The number of hydrogen-bond acceptors (Lipinski definition) is 0. The molecule has 0 fully saturated rings. The Hall–Kier alpha value is -2.40. The van der Waals surface area contributed by atoms with Gasteiger partial charge in [0.05, 0.1) is 22.3 Å². The number of alkyl halides is 12. The topological polar surface area (TPSA) is 0 Å². The molecule has 0 aliphatic carbocycles. The third-order valence-corrected chi connectivity index (χ3v) is 3.56. The SMILES string of the molecule is FC(F)(F)c1cccc(-c2c(C(F)(F)F)cc(C(F)(F)F)cc2C(F)(F)F)c1. The van der Waals surface area contributed by atoms with Gasteiger partial charge in [-0.3, -0.25) is 0 Å². The Morgan fingerprint density at radius 2 is 0.893 bits per heavy atom. The highest BCUT2D eigenvalue weighted by atomic mass is 19.4. The van der Waals surface area contributed by atoms with Gasteiger partial charge in [-0.2, -0.15) is 52.7 Å². The van der Waals surface area contributed by atoms with Gasteiger partial charge in [0.2, 0.25) is 0 Å². The van der Waals surface area contributed by atoms with Gasteiger partial charge < -0.3 is 0 Å². The standard InChI is InChI=1S/C16H6F12/c17-13(18,19)8-3-1-2-7(4-8)12-10(15(23,24)25)5-9(14(20,21)22)6-11(12)16(26,27)28/h1-6H. The first-order chi connectivity index (χ1) is 12.4. The summed E-state index contributed by atoms with van der Waals surface area (Å²) < 4.78 is 156. The molecule has 0 aliphatic heterocycles. The summed E-state index contributed by atoms with van der Waals surface area (Å²) in [5.41, 5.74) is -11.5. The van der Waals surface area contributed by atoms with Crippen molar-refractivity contribution >= 4 is 0 Å². The Kier molecular flexibility index (Phi) is 5.15. The Balaban J connectivity index is 2.97. The molecule has 0 amide bonds. The quantitative estimate of drug-likeness (QED) is 0.416. The molecule has 0 saturated carbocycles. The van der Waals surface area contributed by atoms with Crippen molar-refractivity contribution in [3.8, 4) is 11.1 Å². The van der Waals surface area contributed by atoms with Gasteiger partial charge in [-0.25, -0.2) is 0 Å². The Bertz CT molecular complexity index is 830. The lowest BCUT2D eigenvalue weighted by molar-refractivity contribution is -0.147. The van der Waals surface area contributed by atoms with Gasteiger partial charge in [-0.1, -0.05) is 12.1 Å². The highest BCUT2D eigenvalue weighted by Crippen LogP contribution is 2.48. The van der Waals surface area contributed by atoms with Crippen LogP contribution in [0.2, 0.25) is 0 Å². The molecule has 12 heteroatoms. The van der Waals surface area contributed by atoms with Crippen molar-refractivity contribution in [3.63, 3.8) is 0 Å². The van der Waals surface area contributed by atoms with Crippen LogP contribution in [0.1, 0.15) is 22.3 Å². The molecule has 0 nitrogen and oxygen atoms in total. The van der Waals surface area contributed by atoms with E-state index in [1.54, 1.807) is 0 Å². The van der Waals surface area contributed by atoms with Gasteiger partial charge in [0.15, 0.2) is 0 Å². The van der Waals surface area contributed by atoms with Crippen LogP contribution in [0, 0.1) is 0 Å². The van der Waals surface area contributed by atoms with Crippen LogP contribution in [0.3, 0.4) is 0 Å². The number of hydrogen-bond donors (Lipinski definition) is 0. The first-order valence-corrected chi connectivity index (χ1v) is 6.99. The lowest BCUT2D eigenvalue weighted by atomic mass is 9.90. The van der Waals surface area contributed by atoms with E-state index in [0.29, 0.717) is 18.2 Å². The van der Waals surface area contributed by atoms with Crippen molar-refractivity contribution in [2.24, 2.45) is 0 Å². The minimum absolute atomic E-state index is 0.00702. The van der Waals surface area contributed by atoms with Crippen LogP contribution in [-0.2, 0) is 24.7 Å². The van der Waals surface area contributed by atoms with Crippen LogP contribution in [-0.4, -0.2) is 0 Å². The van der Waals surface area contributed by atoms with E-state index < -0.39 is 70.2 Å². The highest BCUT2D eigenvalue weighted by molar-refractivity contribution is 5.74. The summed E-state index contributed by atoms with van der Waals surface area (Å²) in [6.07, 6.45) is -22.1. The molecule has 2 aromatic rings. The second-order valence-corrected chi connectivity index (χ2v) is 5.52. The van der Waals surface area contributed by atoms with Crippen LogP contribution >= 0.6 is 0 Å². The normalized spacial score (nSPS) is 13.7. The van der Waals surface area contributed by atoms with E-state index in [0.717, 1.165) is 0 Å². The fourth-order valence-electron chi connectivity index (χ4n) is 2.41. The third kappa shape index (κ3) is 4.53. The summed E-state index contributed by atoms with van der Waals surface area (Å²) >= 11 is 0. The molecule has 154 valence electrons. The van der Waals surface area contributed by atoms with Crippen molar-refractivity contribution in [2.75, 3.05) is 0 Å². The van der Waals surface area contributed by atoms with Gasteiger partial charge in [-0.15, -0.1) is 0 Å². The first kappa shape index (κ1) is 21.9. The summed E-state index contributed by atoms with van der Waals surface area (Å²) in [5, 5.41) is 0. The number of benzene rings is 2. The third-order valence-electron chi connectivity index (χ3n) is 3.56. The number of rotatable bonds is 1. The Morgan fingerprint density at radius 1 is 0.464 bits per heavy atom. The maximum Gasteiger partial charge on any atom is 0.417 e. The first-order valence-electron chi connectivity index (χ1n) is 6.99. The zero-order valence-corrected chi connectivity index (χ0v) is 13.0. The van der Waals surface area contributed by atoms with Gasteiger partial charge in [-0.05, 0) is 29.8 Å². The molecule has 0 aliphatic rings.